The molecule has 0 aliphatic rings. The van der Waals surface area contributed by atoms with Gasteiger partial charge in [0.25, 0.3) is 0 Å². The van der Waals surface area contributed by atoms with E-state index >= 15 is 0 Å². The molecule has 3 unspecified atom stereocenters. The quantitative estimate of drug-likeness (QED) is 0.141. The van der Waals surface area contributed by atoms with Gasteiger partial charge in [0.15, 0.2) is 6.29 Å². The van der Waals surface area contributed by atoms with E-state index in [0.29, 0.717) is 0 Å². The average Bonchev–Trinajstić information content (AvgIpc) is 2.72. The summed E-state index contributed by atoms with van der Waals surface area (Å²) in [5, 5.41) is 36.5. The number of hydrogen-bond donors (Lipinski definition) is 5. The average molecular weight is 417 g/mol. The van der Waals surface area contributed by atoms with E-state index in [0.717, 1.165) is 32.2 Å². The fourth-order valence-corrected chi connectivity index (χ4v) is 4.07. The van der Waals surface area contributed by atoms with E-state index in [4.69, 9.17) is 0 Å². The molecule has 29 heavy (non-hydrogen) atoms. The van der Waals surface area contributed by atoms with Crippen molar-refractivity contribution in [3.63, 3.8) is 0 Å². The monoisotopic (exact) mass is 416 g/mol. The first-order valence-electron chi connectivity index (χ1n) is 12.4. The van der Waals surface area contributed by atoms with E-state index in [2.05, 4.69) is 31.4 Å². The molecule has 0 spiro atoms. The van der Waals surface area contributed by atoms with Crippen molar-refractivity contribution in [2.45, 2.75) is 141 Å². The van der Waals surface area contributed by atoms with Crippen LogP contribution in [-0.4, -0.2) is 52.4 Å². The smallest absolute Gasteiger partial charge is 0.166 e. The zero-order chi connectivity index (χ0) is 22.0. The van der Waals surface area contributed by atoms with Crippen LogP contribution in [0, 0.1) is 0 Å². The lowest BCUT2D eigenvalue weighted by atomic mass is 9.83. The van der Waals surface area contributed by atoms with E-state index in [9.17, 15) is 15.3 Å². The maximum atomic E-state index is 10.3. The minimum Gasteiger partial charge on any atom is -0.394 e. The van der Waals surface area contributed by atoms with Crippen LogP contribution in [0.25, 0.3) is 0 Å². The molecular weight excluding hydrogens is 364 g/mol. The standard InChI is InChI=1S/C24H52N2O3/c1-5-8-10-12-14-16-18-22(26-21(4)23(28)29)24(7-3,20-27)25-19-17-15-13-11-9-6-2/h21-23,25-29H,5-20H2,1-4H3. The zero-order valence-electron chi connectivity index (χ0n) is 19.9. The van der Waals surface area contributed by atoms with Gasteiger partial charge in [-0.2, -0.15) is 0 Å². The van der Waals surface area contributed by atoms with Crippen molar-refractivity contribution >= 4 is 0 Å². The fourth-order valence-electron chi connectivity index (χ4n) is 4.07. The molecule has 176 valence electrons. The third kappa shape index (κ3) is 13.0. The van der Waals surface area contributed by atoms with Gasteiger partial charge in [0, 0.05) is 6.04 Å². The number of aliphatic hydroxyl groups is 3. The number of rotatable bonds is 21. The molecule has 0 aromatic rings. The largest absolute Gasteiger partial charge is 0.394 e. The summed E-state index contributed by atoms with van der Waals surface area (Å²) < 4.78 is 0. The molecule has 0 bridgehead atoms. The molecule has 0 aliphatic carbocycles. The van der Waals surface area contributed by atoms with Crippen LogP contribution in [-0.2, 0) is 0 Å². The summed E-state index contributed by atoms with van der Waals surface area (Å²) >= 11 is 0. The Balaban J connectivity index is 4.75. The van der Waals surface area contributed by atoms with Gasteiger partial charge >= 0.3 is 0 Å². The highest BCUT2D eigenvalue weighted by molar-refractivity contribution is 4.98. The van der Waals surface area contributed by atoms with Gasteiger partial charge < -0.3 is 26.0 Å². The van der Waals surface area contributed by atoms with Crippen molar-refractivity contribution in [2.75, 3.05) is 13.2 Å². The lowest BCUT2D eigenvalue weighted by Crippen LogP contribution is -2.64. The van der Waals surface area contributed by atoms with Crippen LogP contribution in [0.2, 0.25) is 0 Å². The van der Waals surface area contributed by atoms with Crippen LogP contribution in [0.15, 0.2) is 0 Å². The summed E-state index contributed by atoms with van der Waals surface area (Å²) in [6, 6.07) is -0.408. The first kappa shape index (κ1) is 28.8. The highest BCUT2D eigenvalue weighted by Crippen LogP contribution is 2.22. The van der Waals surface area contributed by atoms with E-state index in [1.54, 1.807) is 6.92 Å². The van der Waals surface area contributed by atoms with Crippen LogP contribution in [0.1, 0.15) is 118 Å². The minimum absolute atomic E-state index is 0.0144. The van der Waals surface area contributed by atoms with Gasteiger partial charge in [-0.1, -0.05) is 91.4 Å². The highest BCUT2D eigenvalue weighted by Gasteiger charge is 2.37. The molecule has 5 N–H and O–H groups in total. The Morgan fingerprint density at radius 1 is 0.759 bits per heavy atom. The second-order valence-electron chi connectivity index (χ2n) is 8.84. The second kappa shape index (κ2) is 18.6. The van der Waals surface area contributed by atoms with Gasteiger partial charge in [0.05, 0.1) is 18.2 Å². The van der Waals surface area contributed by atoms with Crippen molar-refractivity contribution in [1.29, 1.82) is 0 Å². The molecule has 0 heterocycles. The molecule has 0 radical (unpaired) electrons. The van der Waals surface area contributed by atoms with E-state index < -0.39 is 17.9 Å². The molecule has 0 fully saturated rings. The second-order valence-corrected chi connectivity index (χ2v) is 8.84. The number of unbranched alkanes of at least 4 members (excludes halogenated alkanes) is 10. The van der Waals surface area contributed by atoms with E-state index in [1.165, 1.54) is 64.2 Å². The van der Waals surface area contributed by atoms with Crippen LogP contribution >= 0.6 is 0 Å². The van der Waals surface area contributed by atoms with Gasteiger partial charge in [-0.05, 0) is 32.7 Å². The maximum absolute atomic E-state index is 10.3. The van der Waals surface area contributed by atoms with Gasteiger partial charge in [0.1, 0.15) is 0 Å². The Bertz CT molecular complexity index is 349. The van der Waals surface area contributed by atoms with Crippen molar-refractivity contribution in [2.24, 2.45) is 0 Å². The Labute approximate surface area is 181 Å². The number of nitrogens with one attached hydrogen (secondary N) is 2. The molecule has 0 saturated heterocycles. The van der Waals surface area contributed by atoms with Crippen molar-refractivity contribution < 1.29 is 15.3 Å². The molecular formula is C24H52N2O3. The fraction of sp³-hybridized carbons (Fsp3) is 1.00. The normalized spacial score (nSPS) is 16.1. The van der Waals surface area contributed by atoms with Crippen molar-refractivity contribution in [3.8, 4) is 0 Å². The Kier molecular flexibility index (Phi) is 18.4. The van der Waals surface area contributed by atoms with Crippen LogP contribution in [0.5, 0.6) is 0 Å². The van der Waals surface area contributed by atoms with Gasteiger partial charge in [-0.25, -0.2) is 0 Å². The molecule has 3 atom stereocenters. The predicted molar refractivity (Wildman–Crippen MR) is 124 cm³/mol. The van der Waals surface area contributed by atoms with Crippen molar-refractivity contribution in [1.82, 2.24) is 10.6 Å². The Morgan fingerprint density at radius 3 is 1.76 bits per heavy atom. The lowest BCUT2D eigenvalue weighted by Gasteiger charge is -2.42. The maximum Gasteiger partial charge on any atom is 0.166 e. The van der Waals surface area contributed by atoms with E-state index in [-0.39, 0.29) is 12.6 Å². The molecule has 5 heteroatoms. The third-order valence-corrected chi connectivity index (χ3v) is 6.35. The van der Waals surface area contributed by atoms with Crippen LogP contribution in [0.3, 0.4) is 0 Å². The predicted octanol–water partition coefficient (Wildman–Crippen LogP) is 4.49. The molecule has 0 amide bonds. The zero-order valence-corrected chi connectivity index (χ0v) is 19.9. The lowest BCUT2D eigenvalue weighted by molar-refractivity contribution is -0.0688. The van der Waals surface area contributed by atoms with Crippen LogP contribution < -0.4 is 10.6 Å². The first-order valence-corrected chi connectivity index (χ1v) is 12.4. The summed E-state index contributed by atoms with van der Waals surface area (Å²) in [5.41, 5.74) is -0.421. The summed E-state index contributed by atoms with van der Waals surface area (Å²) in [6.07, 6.45) is 15.2. The third-order valence-electron chi connectivity index (χ3n) is 6.35. The molecule has 5 nitrogen and oxygen atoms in total. The topological polar surface area (TPSA) is 84.8 Å². The Hall–Kier alpha value is -0.200. The highest BCUT2D eigenvalue weighted by atomic mass is 16.5. The molecule has 0 aromatic carbocycles. The van der Waals surface area contributed by atoms with Crippen LogP contribution in [0.4, 0.5) is 0 Å². The van der Waals surface area contributed by atoms with E-state index in [1.807, 2.05) is 0 Å². The summed E-state index contributed by atoms with van der Waals surface area (Å²) in [7, 11) is 0. The summed E-state index contributed by atoms with van der Waals surface area (Å²) in [6.45, 7) is 9.32. The van der Waals surface area contributed by atoms with Crippen molar-refractivity contribution in [3.05, 3.63) is 0 Å². The molecule has 0 aromatic heterocycles. The van der Waals surface area contributed by atoms with Gasteiger partial charge in [-0.15, -0.1) is 0 Å². The molecule has 0 rings (SSSR count). The molecule has 0 saturated carbocycles. The van der Waals surface area contributed by atoms with Gasteiger partial charge in [0.2, 0.25) is 0 Å². The number of aliphatic hydroxyl groups excluding tert-OH is 2. The number of hydrogen-bond acceptors (Lipinski definition) is 5. The summed E-state index contributed by atoms with van der Waals surface area (Å²) in [5.74, 6) is 0. The Morgan fingerprint density at radius 2 is 1.28 bits per heavy atom. The van der Waals surface area contributed by atoms with Gasteiger partial charge in [-0.3, -0.25) is 0 Å². The minimum atomic E-state index is -1.39. The SMILES string of the molecule is CCCCCCCCNC(CC)(CO)C(CCCCCCCC)NC(C)C(O)O. The summed E-state index contributed by atoms with van der Waals surface area (Å²) in [4.78, 5) is 0. The first-order chi connectivity index (χ1) is 14.0. The molecule has 0 aliphatic heterocycles.